The summed E-state index contributed by atoms with van der Waals surface area (Å²) in [5, 5.41) is 7.98. The summed E-state index contributed by atoms with van der Waals surface area (Å²) >= 11 is 1.41. The molecule has 0 fully saturated rings. The Balaban J connectivity index is 1.68. The van der Waals surface area contributed by atoms with Gasteiger partial charge in [-0.2, -0.15) is 0 Å². The lowest BCUT2D eigenvalue weighted by Gasteiger charge is -2.09. The van der Waals surface area contributed by atoms with E-state index in [0.717, 1.165) is 11.4 Å². The lowest BCUT2D eigenvalue weighted by atomic mass is 10.1. The van der Waals surface area contributed by atoms with E-state index in [1.165, 1.54) is 22.5 Å². The van der Waals surface area contributed by atoms with Gasteiger partial charge in [0.1, 0.15) is 5.82 Å². The van der Waals surface area contributed by atoms with Gasteiger partial charge < -0.3 is 10.6 Å². The van der Waals surface area contributed by atoms with E-state index in [1.54, 1.807) is 18.3 Å². The number of hydrogen-bond donors (Lipinski definition) is 2. The van der Waals surface area contributed by atoms with Crippen LogP contribution in [0.3, 0.4) is 0 Å². The molecule has 0 aliphatic heterocycles. The van der Waals surface area contributed by atoms with Crippen LogP contribution in [0.1, 0.15) is 20.8 Å². The van der Waals surface area contributed by atoms with Gasteiger partial charge in [0.05, 0.1) is 16.8 Å². The lowest BCUT2D eigenvalue weighted by Crippen LogP contribution is -2.11. The molecule has 116 valence electrons. The lowest BCUT2D eigenvalue weighted by molar-refractivity contribution is 0.103. The fraction of sp³-hybridized carbons (Fsp3) is 0.111. The third-order valence-electron chi connectivity index (χ3n) is 3.26. The van der Waals surface area contributed by atoms with Crippen molar-refractivity contribution in [3.63, 3.8) is 0 Å². The van der Waals surface area contributed by atoms with Crippen LogP contribution in [0.15, 0.2) is 54.0 Å². The van der Waals surface area contributed by atoms with E-state index in [9.17, 15) is 4.79 Å². The van der Waals surface area contributed by atoms with Gasteiger partial charge in [-0.25, -0.2) is 4.98 Å². The van der Waals surface area contributed by atoms with E-state index in [4.69, 9.17) is 0 Å². The van der Waals surface area contributed by atoms with E-state index in [-0.39, 0.29) is 5.91 Å². The number of anilines is 3. The summed E-state index contributed by atoms with van der Waals surface area (Å²) in [6.45, 7) is 4.14. The Kier molecular flexibility index (Phi) is 4.39. The molecule has 0 saturated heterocycles. The second-order valence-corrected chi connectivity index (χ2v) is 6.31. The Hall–Kier alpha value is -2.66. The van der Waals surface area contributed by atoms with Crippen LogP contribution in [0.5, 0.6) is 0 Å². The van der Waals surface area contributed by atoms with E-state index < -0.39 is 0 Å². The summed E-state index contributed by atoms with van der Waals surface area (Å²) in [6, 6.07) is 13.6. The third kappa shape index (κ3) is 3.96. The molecular weight excluding hydrogens is 306 g/mol. The average Bonchev–Trinajstić information content (AvgIpc) is 3.02. The summed E-state index contributed by atoms with van der Waals surface area (Å²) in [7, 11) is 0. The molecule has 0 atom stereocenters. The smallest absolute Gasteiger partial charge is 0.266 e. The highest BCUT2D eigenvalue weighted by Crippen LogP contribution is 2.20. The van der Waals surface area contributed by atoms with Gasteiger partial charge in [0.2, 0.25) is 0 Å². The Morgan fingerprint density at radius 2 is 1.83 bits per heavy atom. The second kappa shape index (κ2) is 6.62. The minimum Gasteiger partial charge on any atom is -0.354 e. The fourth-order valence-electron chi connectivity index (χ4n) is 2.34. The van der Waals surface area contributed by atoms with Crippen molar-refractivity contribution in [3.8, 4) is 0 Å². The van der Waals surface area contributed by atoms with Gasteiger partial charge in [-0.3, -0.25) is 4.79 Å². The predicted octanol–water partition coefficient (Wildman–Crippen LogP) is 4.76. The van der Waals surface area contributed by atoms with Gasteiger partial charge in [-0.15, -0.1) is 11.3 Å². The molecule has 0 bridgehead atoms. The first-order chi connectivity index (χ1) is 11.1. The molecule has 1 amide bonds. The monoisotopic (exact) mass is 323 g/mol. The minimum atomic E-state index is -0.137. The molecule has 0 aliphatic rings. The van der Waals surface area contributed by atoms with Crippen LogP contribution >= 0.6 is 11.3 Å². The normalized spacial score (nSPS) is 10.3. The largest absolute Gasteiger partial charge is 0.354 e. The number of nitrogens with zero attached hydrogens (tertiary/aromatic N) is 1. The molecule has 0 saturated carbocycles. The first-order valence-corrected chi connectivity index (χ1v) is 8.14. The predicted molar refractivity (Wildman–Crippen MR) is 95.7 cm³/mol. The summed E-state index contributed by atoms with van der Waals surface area (Å²) in [6.07, 6.45) is 1.71. The second-order valence-electron chi connectivity index (χ2n) is 5.36. The summed E-state index contributed by atoms with van der Waals surface area (Å²) < 4.78 is 0. The number of aromatic nitrogens is 1. The fourth-order valence-corrected chi connectivity index (χ4v) is 2.96. The van der Waals surface area contributed by atoms with Gasteiger partial charge in [0.15, 0.2) is 0 Å². The molecule has 2 aromatic heterocycles. The number of hydrogen-bond acceptors (Lipinski definition) is 4. The van der Waals surface area contributed by atoms with E-state index >= 15 is 0 Å². The van der Waals surface area contributed by atoms with Crippen LogP contribution in [0.25, 0.3) is 0 Å². The van der Waals surface area contributed by atoms with Crippen LogP contribution < -0.4 is 10.6 Å². The standard InChI is InChI=1S/C18H17N3OS/c1-12-8-13(2)10-15(9-12)20-14-5-6-17(19-11-14)21-18(22)16-4-3-7-23-16/h3-11,20H,1-2H3,(H,19,21,22). The quantitative estimate of drug-likeness (QED) is 0.728. The van der Waals surface area contributed by atoms with E-state index in [2.05, 4.69) is 47.7 Å². The maximum Gasteiger partial charge on any atom is 0.266 e. The van der Waals surface area contributed by atoms with Crippen LogP contribution in [-0.4, -0.2) is 10.9 Å². The van der Waals surface area contributed by atoms with Gasteiger partial charge in [-0.05, 0) is 60.7 Å². The number of carbonyl (C=O) groups is 1. The molecule has 4 nitrogen and oxygen atoms in total. The Labute approximate surface area is 139 Å². The molecule has 2 N–H and O–H groups in total. The number of thiophene rings is 1. The first kappa shape index (κ1) is 15.2. The van der Waals surface area contributed by atoms with E-state index in [1.807, 2.05) is 17.5 Å². The van der Waals surface area contributed by atoms with Crippen molar-refractivity contribution in [2.45, 2.75) is 13.8 Å². The van der Waals surface area contributed by atoms with Crippen molar-refractivity contribution >= 4 is 34.4 Å². The van der Waals surface area contributed by atoms with Crippen LogP contribution in [-0.2, 0) is 0 Å². The Bertz CT molecular complexity index is 791. The Morgan fingerprint density at radius 3 is 2.43 bits per heavy atom. The number of rotatable bonds is 4. The number of pyridine rings is 1. The molecule has 1 aromatic carbocycles. The maximum atomic E-state index is 12.0. The molecule has 0 radical (unpaired) electrons. The first-order valence-electron chi connectivity index (χ1n) is 7.26. The third-order valence-corrected chi connectivity index (χ3v) is 4.13. The molecule has 3 aromatic rings. The van der Waals surface area contributed by atoms with Crippen LogP contribution in [0.4, 0.5) is 17.2 Å². The molecule has 0 unspecified atom stereocenters. The molecule has 2 heterocycles. The van der Waals surface area contributed by atoms with Crippen LogP contribution in [0, 0.1) is 13.8 Å². The zero-order chi connectivity index (χ0) is 16.2. The zero-order valence-corrected chi connectivity index (χ0v) is 13.8. The highest BCUT2D eigenvalue weighted by atomic mass is 32.1. The van der Waals surface area contributed by atoms with Crippen LogP contribution in [0.2, 0.25) is 0 Å². The number of amides is 1. The average molecular weight is 323 g/mol. The number of nitrogens with one attached hydrogen (secondary N) is 2. The number of carbonyl (C=O) groups excluding carboxylic acids is 1. The van der Waals surface area contributed by atoms with Crippen molar-refractivity contribution < 1.29 is 4.79 Å². The Morgan fingerprint density at radius 1 is 1.04 bits per heavy atom. The maximum absolute atomic E-state index is 12.0. The molecule has 0 spiro atoms. The topological polar surface area (TPSA) is 54.0 Å². The van der Waals surface area contributed by atoms with Gasteiger partial charge in [-0.1, -0.05) is 12.1 Å². The summed E-state index contributed by atoms with van der Waals surface area (Å²) in [4.78, 5) is 16.9. The van der Waals surface area contributed by atoms with Crippen molar-refractivity contribution in [1.82, 2.24) is 4.98 Å². The minimum absolute atomic E-state index is 0.137. The molecule has 0 aliphatic carbocycles. The van der Waals surface area contributed by atoms with Gasteiger partial charge >= 0.3 is 0 Å². The SMILES string of the molecule is Cc1cc(C)cc(Nc2ccc(NC(=O)c3cccs3)nc2)c1. The van der Waals surface area contributed by atoms with Crippen molar-refractivity contribution in [2.75, 3.05) is 10.6 Å². The molecule has 5 heteroatoms. The van der Waals surface area contributed by atoms with Crippen molar-refractivity contribution in [1.29, 1.82) is 0 Å². The van der Waals surface area contributed by atoms with Gasteiger partial charge in [0.25, 0.3) is 5.91 Å². The zero-order valence-electron chi connectivity index (χ0n) is 13.0. The number of benzene rings is 1. The molecule has 23 heavy (non-hydrogen) atoms. The molecule has 3 rings (SSSR count). The molecular formula is C18H17N3OS. The highest BCUT2D eigenvalue weighted by molar-refractivity contribution is 7.12. The number of aryl methyl sites for hydroxylation is 2. The summed E-state index contributed by atoms with van der Waals surface area (Å²) in [5.41, 5.74) is 4.32. The van der Waals surface area contributed by atoms with Crippen molar-refractivity contribution in [2.24, 2.45) is 0 Å². The van der Waals surface area contributed by atoms with Crippen molar-refractivity contribution in [3.05, 3.63) is 70.0 Å². The highest BCUT2D eigenvalue weighted by Gasteiger charge is 2.07. The van der Waals surface area contributed by atoms with E-state index in [0.29, 0.717) is 10.7 Å². The summed E-state index contributed by atoms with van der Waals surface area (Å²) in [5.74, 6) is 0.400. The van der Waals surface area contributed by atoms with Gasteiger partial charge in [0, 0.05) is 5.69 Å².